The van der Waals surface area contributed by atoms with E-state index in [4.69, 9.17) is 5.73 Å². The predicted octanol–water partition coefficient (Wildman–Crippen LogP) is 2.33. The van der Waals surface area contributed by atoms with Gasteiger partial charge in [-0.2, -0.15) is 11.3 Å². The van der Waals surface area contributed by atoms with E-state index in [-0.39, 0.29) is 5.91 Å². The Kier molecular flexibility index (Phi) is 4.06. The number of anilines is 2. The van der Waals surface area contributed by atoms with Gasteiger partial charge in [-0.05, 0) is 40.6 Å². The molecule has 5 heteroatoms. The number of rotatable bonds is 4. The van der Waals surface area contributed by atoms with Crippen molar-refractivity contribution < 1.29 is 4.79 Å². The highest BCUT2D eigenvalue weighted by Crippen LogP contribution is 2.24. The molecule has 1 aromatic carbocycles. The van der Waals surface area contributed by atoms with Crippen molar-refractivity contribution in [3.63, 3.8) is 0 Å². The van der Waals surface area contributed by atoms with Crippen molar-refractivity contribution in [2.24, 2.45) is 0 Å². The number of nitrogens with two attached hydrogens (primary N) is 1. The number of hydrogen-bond donors (Lipinski definition) is 2. The second-order valence-electron chi connectivity index (χ2n) is 4.34. The maximum absolute atomic E-state index is 11.9. The van der Waals surface area contributed by atoms with Crippen molar-refractivity contribution in [3.8, 4) is 0 Å². The van der Waals surface area contributed by atoms with Crippen molar-refractivity contribution in [3.05, 3.63) is 46.2 Å². The van der Waals surface area contributed by atoms with Gasteiger partial charge in [0, 0.05) is 26.3 Å². The molecule has 3 N–H and O–H groups in total. The fraction of sp³-hybridized carbons (Fsp3) is 0.214. The van der Waals surface area contributed by atoms with Gasteiger partial charge in [0.25, 0.3) is 5.91 Å². The van der Waals surface area contributed by atoms with Gasteiger partial charge in [-0.15, -0.1) is 0 Å². The number of carbonyl (C=O) groups is 1. The van der Waals surface area contributed by atoms with Gasteiger partial charge in [-0.3, -0.25) is 4.79 Å². The number of nitrogen functional groups attached to an aromatic ring is 1. The highest BCUT2D eigenvalue weighted by Gasteiger charge is 2.14. The number of nitrogens with zero attached hydrogens (tertiary/aromatic N) is 1. The summed E-state index contributed by atoms with van der Waals surface area (Å²) in [6, 6.07) is 7.41. The maximum Gasteiger partial charge on any atom is 0.253 e. The second kappa shape index (κ2) is 5.75. The Morgan fingerprint density at radius 3 is 2.84 bits per heavy atom. The second-order valence-corrected chi connectivity index (χ2v) is 5.12. The third-order valence-electron chi connectivity index (χ3n) is 2.90. The van der Waals surface area contributed by atoms with Crippen LogP contribution in [0.2, 0.25) is 0 Å². The van der Waals surface area contributed by atoms with Crippen molar-refractivity contribution in [1.82, 2.24) is 5.32 Å². The van der Waals surface area contributed by atoms with Gasteiger partial charge in [0.1, 0.15) is 0 Å². The summed E-state index contributed by atoms with van der Waals surface area (Å²) in [4.78, 5) is 13.9. The lowest BCUT2D eigenvalue weighted by Gasteiger charge is -2.22. The van der Waals surface area contributed by atoms with Gasteiger partial charge in [-0.1, -0.05) is 0 Å². The smallest absolute Gasteiger partial charge is 0.253 e. The Hall–Kier alpha value is -2.01. The number of thiophene rings is 1. The monoisotopic (exact) mass is 275 g/mol. The van der Waals surface area contributed by atoms with Crippen LogP contribution in [-0.4, -0.2) is 20.0 Å². The first-order valence-corrected chi connectivity index (χ1v) is 6.90. The topological polar surface area (TPSA) is 58.4 Å². The van der Waals surface area contributed by atoms with E-state index in [1.807, 2.05) is 23.4 Å². The van der Waals surface area contributed by atoms with Gasteiger partial charge in [0.05, 0.1) is 11.3 Å². The van der Waals surface area contributed by atoms with Crippen LogP contribution in [0.25, 0.3) is 0 Å². The van der Waals surface area contributed by atoms with Crippen LogP contribution < -0.4 is 16.0 Å². The first-order valence-electron chi connectivity index (χ1n) is 5.95. The lowest BCUT2D eigenvalue weighted by atomic mass is 10.1. The lowest BCUT2D eigenvalue weighted by molar-refractivity contribution is 0.0963. The van der Waals surface area contributed by atoms with E-state index in [1.165, 1.54) is 5.56 Å². The molecule has 0 saturated carbocycles. The fourth-order valence-electron chi connectivity index (χ4n) is 1.93. The molecule has 4 nitrogen and oxygen atoms in total. The van der Waals surface area contributed by atoms with Crippen molar-refractivity contribution in [1.29, 1.82) is 0 Å². The Balaban J connectivity index is 2.31. The van der Waals surface area contributed by atoms with Crippen LogP contribution in [0.4, 0.5) is 11.4 Å². The molecule has 2 rings (SSSR count). The molecule has 0 saturated heterocycles. The molecule has 1 heterocycles. The Labute approximate surface area is 116 Å². The summed E-state index contributed by atoms with van der Waals surface area (Å²) in [6.07, 6.45) is 0. The van der Waals surface area contributed by atoms with Crippen molar-refractivity contribution >= 4 is 28.6 Å². The van der Waals surface area contributed by atoms with Crippen LogP contribution in [0, 0.1) is 0 Å². The van der Waals surface area contributed by atoms with Gasteiger partial charge < -0.3 is 16.0 Å². The van der Waals surface area contributed by atoms with Crippen LogP contribution in [0.3, 0.4) is 0 Å². The van der Waals surface area contributed by atoms with E-state index in [2.05, 4.69) is 16.8 Å². The average Bonchev–Trinajstić information content (AvgIpc) is 2.90. The highest BCUT2D eigenvalue weighted by atomic mass is 32.1. The van der Waals surface area contributed by atoms with Gasteiger partial charge in [0.2, 0.25) is 0 Å². The summed E-state index contributed by atoms with van der Waals surface area (Å²) in [5.74, 6) is -0.104. The summed E-state index contributed by atoms with van der Waals surface area (Å²) in [7, 11) is 3.58. The van der Waals surface area contributed by atoms with E-state index in [0.29, 0.717) is 11.3 Å². The predicted molar refractivity (Wildman–Crippen MR) is 80.7 cm³/mol. The first kappa shape index (κ1) is 13.4. The third-order valence-corrected chi connectivity index (χ3v) is 3.64. The largest absolute Gasteiger partial charge is 0.399 e. The molecule has 0 aliphatic heterocycles. The average molecular weight is 275 g/mol. The van der Waals surface area contributed by atoms with Gasteiger partial charge in [0.15, 0.2) is 0 Å². The molecule has 1 aromatic heterocycles. The molecule has 19 heavy (non-hydrogen) atoms. The summed E-state index contributed by atoms with van der Waals surface area (Å²) in [5.41, 5.74) is 9.17. The molecular weight excluding hydrogens is 258 g/mol. The zero-order valence-electron chi connectivity index (χ0n) is 11.0. The van der Waals surface area contributed by atoms with E-state index < -0.39 is 0 Å². The molecular formula is C14H17N3OS. The van der Waals surface area contributed by atoms with Crippen LogP contribution in [0.5, 0.6) is 0 Å². The molecule has 0 unspecified atom stereocenters. The number of benzene rings is 1. The molecule has 0 bridgehead atoms. The summed E-state index contributed by atoms with van der Waals surface area (Å²) in [6.45, 7) is 0.747. The molecule has 100 valence electrons. The van der Waals surface area contributed by atoms with E-state index in [9.17, 15) is 4.79 Å². The van der Waals surface area contributed by atoms with Crippen LogP contribution >= 0.6 is 11.3 Å². The maximum atomic E-state index is 11.9. The number of amides is 1. The van der Waals surface area contributed by atoms with E-state index in [1.54, 1.807) is 30.5 Å². The standard InChI is InChI=1S/C14H17N3OS/c1-16-14(18)12-4-3-11(15)7-13(12)17(2)8-10-5-6-19-9-10/h3-7,9H,8,15H2,1-2H3,(H,16,18). The molecule has 0 aliphatic carbocycles. The molecule has 0 fully saturated rings. The minimum atomic E-state index is -0.104. The normalized spacial score (nSPS) is 10.2. The Morgan fingerprint density at radius 2 is 2.21 bits per heavy atom. The molecule has 0 spiro atoms. The molecule has 0 aliphatic rings. The molecule has 2 aromatic rings. The number of hydrogen-bond acceptors (Lipinski definition) is 4. The van der Waals surface area contributed by atoms with Gasteiger partial charge >= 0.3 is 0 Å². The molecule has 0 radical (unpaired) electrons. The minimum Gasteiger partial charge on any atom is -0.399 e. The SMILES string of the molecule is CNC(=O)c1ccc(N)cc1N(C)Cc1ccsc1. The van der Waals surface area contributed by atoms with E-state index in [0.717, 1.165) is 12.2 Å². The van der Waals surface area contributed by atoms with Crippen molar-refractivity contribution in [2.75, 3.05) is 24.7 Å². The zero-order valence-corrected chi connectivity index (χ0v) is 11.8. The quantitative estimate of drug-likeness (QED) is 0.842. The van der Waals surface area contributed by atoms with Crippen LogP contribution in [0.15, 0.2) is 35.0 Å². The fourth-order valence-corrected chi connectivity index (χ4v) is 2.59. The third kappa shape index (κ3) is 3.06. The van der Waals surface area contributed by atoms with Crippen LogP contribution in [-0.2, 0) is 6.54 Å². The summed E-state index contributed by atoms with van der Waals surface area (Å²) >= 11 is 1.66. The molecule has 0 atom stereocenters. The zero-order chi connectivity index (χ0) is 13.8. The minimum absolute atomic E-state index is 0.104. The van der Waals surface area contributed by atoms with Crippen LogP contribution in [0.1, 0.15) is 15.9 Å². The van der Waals surface area contributed by atoms with Crippen molar-refractivity contribution in [2.45, 2.75) is 6.54 Å². The first-order chi connectivity index (χ1) is 9.11. The van der Waals surface area contributed by atoms with E-state index >= 15 is 0 Å². The van der Waals surface area contributed by atoms with Gasteiger partial charge in [-0.25, -0.2) is 0 Å². The Bertz CT molecular complexity index is 566. The number of nitrogens with one attached hydrogen (secondary N) is 1. The summed E-state index contributed by atoms with van der Waals surface area (Å²) < 4.78 is 0. The highest BCUT2D eigenvalue weighted by molar-refractivity contribution is 7.07. The summed E-state index contributed by atoms with van der Waals surface area (Å²) in [5, 5.41) is 6.79. The number of carbonyl (C=O) groups excluding carboxylic acids is 1. The molecule has 1 amide bonds. The lowest BCUT2D eigenvalue weighted by Crippen LogP contribution is -2.24. The Morgan fingerprint density at radius 1 is 1.42 bits per heavy atom.